The van der Waals surface area contributed by atoms with E-state index in [2.05, 4.69) is 17.0 Å². The molecule has 0 aliphatic carbocycles. The van der Waals surface area contributed by atoms with E-state index in [-0.39, 0.29) is 16.4 Å². The maximum atomic E-state index is 13.1. The third kappa shape index (κ3) is 5.98. The number of hydrogen-bond acceptors (Lipinski definition) is 3. The largest absolute Gasteiger partial charge is 0.322 e. The van der Waals surface area contributed by atoms with Crippen LogP contribution < -0.4 is 10.0 Å². The molecule has 0 saturated carbocycles. The van der Waals surface area contributed by atoms with Crippen LogP contribution >= 0.6 is 0 Å². The molecule has 32 heavy (non-hydrogen) atoms. The van der Waals surface area contributed by atoms with Crippen LogP contribution in [0.2, 0.25) is 0 Å². The maximum Gasteiger partial charge on any atom is 0.262 e. The van der Waals surface area contributed by atoms with Crippen molar-refractivity contribution in [3.05, 3.63) is 88.5 Å². The highest BCUT2D eigenvalue weighted by Gasteiger charge is 2.20. The standard InChI is InChI=1S/C26H30N2O3S/c1-5-6-7-21-9-12-23(13-10-21)27-26(29)22-11-8-20(4)25(17-22)32(30,31)28-24-15-18(2)14-19(3)16-24/h8-17,28H,5-7H2,1-4H3,(H,27,29). The summed E-state index contributed by atoms with van der Waals surface area (Å²) in [5.41, 5.74) is 5.19. The molecule has 1 amide bonds. The van der Waals surface area contributed by atoms with Crippen LogP contribution in [0.15, 0.2) is 65.6 Å². The first-order valence-electron chi connectivity index (χ1n) is 10.8. The number of anilines is 2. The Morgan fingerprint density at radius 1 is 0.844 bits per heavy atom. The van der Waals surface area contributed by atoms with E-state index >= 15 is 0 Å². The smallest absolute Gasteiger partial charge is 0.262 e. The highest BCUT2D eigenvalue weighted by atomic mass is 32.2. The molecule has 0 bridgehead atoms. The number of hydrogen-bond donors (Lipinski definition) is 2. The fourth-order valence-electron chi connectivity index (χ4n) is 3.61. The number of sulfonamides is 1. The van der Waals surface area contributed by atoms with Gasteiger partial charge in [0.1, 0.15) is 0 Å². The molecule has 5 nitrogen and oxygen atoms in total. The van der Waals surface area contributed by atoms with Gasteiger partial charge in [0.2, 0.25) is 0 Å². The molecule has 6 heteroatoms. The summed E-state index contributed by atoms with van der Waals surface area (Å²) in [4.78, 5) is 12.9. The van der Waals surface area contributed by atoms with E-state index in [1.807, 2.05) is 44.2 Å². The molecule has 0 saturated heterocycles. The van der Waals surface area contributed by atoms with Crippen LogP contribution in [0.3, 0.4) is 0 Å². The van der Waals surface area contributed by atoms with Gasteiger partial charge in [-0.15, -0.1) is 0 Å². The molecule has 0 unspecified atom stereocenters. The van der Waals surface area contributed by atoms with Crippen molar-refractivity contribution in [2.45, 2.75) is 51.9 Å². The van der Waals surface area contributed by atoms with E-state index in [0.717, 1.165) is 30.4 Å². The highest BCUT2D eigenvalue weighted by Crippen LogP contribution is 2.23. The van der Waals surface area contributed by atoms with Crippen LogP contribution in [0.5, 0.6) is 0 Å². The molecule has 3 rings (SSSR count). The molecular formula is C26H30N2O3S. The molecule has 0 heterocycles. The number of aryl methyl sites for hydroxylation is 4. The Morgan fingerprint density at radius 3 is 2.12 bits per heavy atom. The summed E-state index contributed by atoms with van der Waals surface area (Å²) >= 11 is 0. The SMILES string of the molecule is CCCCc1ccc(NC(=O)c2ccc(C)c(S(=O)(=O)Nc3cc(C)cc(C)c3)c2)cc1. The van der Waals surface area contributed by atoms with Crippen molar-refractivity contribution in [2.75, 3.05) is 10.0 Å². The third-order valence-electron chi connectivity index (χ3n) is 5.24. The molecule has 0 atom stereocenters. The molecule has 0 aliphatic rings. The first-order chi connectivity index (χ1) is 15.2. The first kappa shape index (κ1) is 23.5. The predicted molar refractivity (Wildman–Crippen MR) is 131 cm³/mol. The lowest BCUT2D eigenvalue weighted by molar-refractivity contribution is 0.102. The van der Waals surface area contributed by atoms with Gasteiger partial charge in [-0.25, -0.2) is 8.42 Å². The van der Waals surface area contributed by atoms with E-state index in [1.165, 1.54) is 11.6 Å². The highest BCUT2D eigenvalue weighted by molar-refractivity contribution is 7.92. The summed E-state index contributed by atoms with van der Waals surface area (Å²) in [5, 5.41) is 2.85. The maximum absolute atomic E-state index is 13.1. The number of unbranched alkanes of at least 4 members (excludes halogenated alkanes) is 1. The number of carbonyl (C=O) groups is 1. The number of amides is 1. The van der Waals surface area contributed by atoms with Crippen molar-refractivity contribution in [1.82, 2.24) is 0 Å². The minimum absolute atomic E-state index is 0.0826. The summed E-state index contributed by atoms with van der Waals surface area (Å²) in [7, 11) is -3.85. The van der Waals surface area contributed by atoms with E-state index in [1.54, 1.807) is 31.2 Å². The van der Waals surface area contributed by atoms with Crippen molar-refractivity contribution in [1.29, 1.82) is 0 Å². The second-order valence-electron chi connectivity index (χ2n) is 8.22. The molecule has 168 valence electrons. The number of benzene rings is 3. The van der Waals surface area contributed by atoms with Gasteiger partial charge < -0.3 is 5.32 Å². The lowest BCUT2D eigenvalue weighted by Gasteiger charge is -2.13. The average Bonchev–Trinajstić information content (AvgIpc) is 2.72. The fraction of sp³-hybridized carbons (Fsp3) is 0.269. The Labute approximate surface area is 190 Å². The summed E-state index contributed by atoms with van der Waals surface area (Å²) in [6, 6.07) is 18.0. The van der Waals surface area contributed by atoms with E-state index in [9.17, 15) is 13.2 Å². The Kier molecular flexibility index (Phi) is 7.36. The van der Waals surface area contributed by atoms with E-state index in [0.29, 0.717) is 16.9 Å². The molecule has 3 aromatic rings. The molecule has 0 radical (unpaired) electrons. The zero-order chi connectivity index (χ0) is 23.3. The Balaban J connectivity index is 1.80. The molecule has 2 N–H and O–H groups in total. The van der Waals surface area contributed by atoms with Crippen molar-refractivity contribution < 1.29 is 13.2 Å². The quantitative estimate of drug-likeness (QED) is 0.441. The molecule has 0 spiro atoms. The summed E-state index contributed by atoms with van der Waals surface area (Å²) in [5.74, 6) is -0.353. The van der Waals surface area contributed by atoms with Crippen LogP contribution in [-0.4, -0.2) is 14.3 Å². The molecular weight excluding hydrogens is 420 g/mol. The van der Waals surface area contributed by atoms with Crippen molar-refractivity contribution in [3.8, 4) is 0 Å². The van der Waals surface area contributed by atoms with Crippen molar-refractivity contribution >= 4 is 27.3 Å². The second kappa shape index (κ2) is 10.0. The normalized spacial score (nSPS) is 11.2. The number of rotatable bonds is 8. The molecule has 3 aromatic carbocycles. The second-order valence-corrected chi connectivity index (χ2v) is 9.87. The Bertz CT molecular complexity index is 1200. The van der Waals surface area contributed by atoms with Gasteiger partial charge >= 0.3 is 0 Å². The lowest BCUT2D eigenvalue weighted by Crippen LogP contribution is -2.17. The van der Waals surface area contributed by atoms with Gasteiger partial charge in [0.25, 0.3) is 15.9 Å². The molecule has 0 fully saturated rings. The van der Waals surface area contributed by atoms with Gasteiger partial charge in [0, 0.05) is 16.9 Å². The topological polar surface area (TPSA) is 75.3 Å². The number of nitrogens with one attached hydrogen (secondary N) is 2. The predicted octanol–water partition coefficient (Wildman–Crippen LogP) is 6.01. The van der Waals surface area contributed by atoms with E-state index in [4.69, 9.17) is 0 Å². The van der Waals surface area contributed by atoms with Gasteiger partial charge in [-0.2, -0.15) is 0 Å². The monoisotopic (exact) mass is 450 g/mol. The van der Waals surface area contributed by atoms with Gasteiger partial charge in [-0.3, -0.25) is 9.52 Å². The van der Waals surface area contributed by atoms with Crippen LogP contribution in [-0.2, 0) is 16.4 Å². The summed E-state index contributed by atoms with van der Waals surface area (Å²) in [6.45, 7) is 7.70. The lowest BCUT2D eigenvalue weighted by atomic mass is 10.1. The third-order valence-corrected chi connectivity index (χ3v) is 6.77. The van der Waals surface area contributed by atoms with Gasteiger partial charge in [0.15, 0.2) is 0 Å². The molecule has 0 aromatic heterocycles. The van der Waals surface area contributed by atoms with Crippen LogP contribution in [0, 0.1) is 20.8 Å². The Hall–Kier alpha value is -3.12. The van der Waals surface area contributed by atoms with Crippen LogP contribution in [0.25, 0.3) is 0 Å². The summed E-state index contributed by atoms with van der Waals surface area (Å²) < 4.78 is 28.8. The minimum Gasteiger partial charge on any atom is -0.322 e. The number of carbonyl (C=O) groups excluding carboxylic acids is 1. The zero-order valence-electron chi connectivity index (χ0n) is 19.0. The van der Waals surface area contributed by atoms with Crippen molar-refractivity contribution in [2.24, 2.45) is 0 Å². The fourth-order valence-corrected chi connectivity index (χ4v) is 4.93. The molecule has 0 aliphatic heterocycles. The van der Waals surface area contributed by atoms with Gasteiger partial charge in [-0.05, 0) is 92.3 Å². The Morgan fingerprint density at radius 2 is 1.50 bits per heavy atom. The average molecular weight is 451 g/mol. The van der Waals surface area contributed by atoms with Crippen molar-refractivity contribution in [3.63, 3.8) is 0 Å². The zero-order valence-corrected chi connectivity index (χ0v) is 19.8. The van der Waals surface area contributed by atoms with Crippen LogP contribution in [0.4, 0.5) is 11.4 Å². The first-order valence-corrected chi connectivity index (χ1v) is 12.3. The van der Waals surface area contributed by atoms with E-state index < -0.39 is 10.0 Å². The van der Waals surface area contributed by atoms with Crippen LogP contribution in [0.1, 0.15) is 52.4 Å². The van der Waals surface area contributed by atoms with Gasteiger partial charge in [0.05, 0.1) is 4.90 Å². The summed E-state index contributed by atoms with van der Waals surface area (Å²) in [6.07, 6.45) is 3.27. The van der Waals surface area contributed by atoms with Gasteiger partial charge in [-0.1, -0.05) is 37.6 Å². The minimum atomic E-state index is -3.85.